The minimum Gasteiger partial charge on any atom is -0.492 e. The van der Waals surface area contributed by atoms with E-state index < -0.39 is 10.0 Å². The van der Waals surface area contributed by atoms with Crippen LogP contribution in [0.25, 0.3) is 0 Å². The molecule has 1 aromatic rings. The second-order valence-corrected chi connectivity index (χ2v) is 8.46. The molecule has 136 valence electrons. The minimum absolute atomic E-state index is 0.0383. The van der Waals surface area contributed by atoms with Crippen LogP contribution in [0, 0.1) is 11.7 Å². The first-order valence-corrected chi connectivity index (χ1v) is 10.1. The van der Waals surface area contributed by atoms with Gasteiger partial charge in [-0.2, -0.15) is 0 Å². The van der Waals surface area contributed by atoms with Gasteiger partial charge in [-0.3, -0.25) is 4.90 Å². The normalized spacial score (nSPS) is 18.5. The maximum atomic E-state index is 12.8. The third-order valence-electron chi connectivity index (χ3n) is 4.47. The molecule has 5 nitrogen and oxygen atoms in total. The van der Waals surface area contributed by atoms with E-state index >= 15 is 0 Å². The number of rotatable bonds is 8. The van der Waals surface area contributed by atoms with Crippen LogP contribution in [0.4, 0.5) is 4.39 Å². The van der Waals surface area contributed by atoms with Gasteiger partial charge in [0.15, 0.2) is 0 Å². The molecule has 0 amide bonds. The Morgan fingerprint density at radius 1 is 1.29 bits per heavy atom. The lowest BCUT2D eigenvalue weighted by molar-refractivity contribution is 0.148. The molecule has 0 radical (unpaired) electrons. The van der Waals surface area contributed by atoms with Crippen molar-refractivity contribution in [2.75, 3.05) is 32.0 Å². The number of hydrogen-bond donors (Lipinski definition) is 1. The molecule has 1 heterocycles. The highest BCUT2D eigenvalue weighted by Crippen LogP contribution is 2.17. The van der Waals surface area contributed by atoms with Crippen LogP contribution in [0.1, 0.15) is 26.7 Å². The van der Waals surface area contributed by atoms with Crippen molar-refractivity contribution in [2.45, 2.75) is 32.7 Å². The standard InChI is InChI=1S/C17H27FN2O3S/c1-14-7-9-20(10-8-14)15(2)13-19-24(21,22)12-11-23-17-5-3-16(18)4-6-17/h3-6,14-15,19H,7-13H2,1-2H3. The Balaban J connectivity index is 1.69. The van der Waals surface area contributed by atoms with E-state index in [1.54, 1.807) is 0 Å². The summed E-state index contributed by atoms with van der Waals surface area (Å²) in [4.78, 5) is 2.33. The van der Waals surface area contributed by atoms with E-state index in [0.29, 0.717) is 12.3 Å². The number of halogens is 1. The van der Waals surface area contributed by atoms with Crippen molar-refractivity contribution in [3.63, 3.8) is 0 Å². The summed E-state index contributed by atoms with van der Waals surface area (Å²) in [5.74, 6) is 0.752. The summed E-state index contributed by atoms with van der Waals surface area (Å²) in [5.41, 5.74) is 0. The average molecular weight is 358 g/mol. The lowest BCUT2D eigenvalue weighted by atomic mass is 9.98. The molecule has 7 heteroatoms. The summed E-state index contributed by atoms with van der Waals surface area (Å²) in [6.07, 6.45) is 2.34. The Bertz CT molecular complexity index is 599. The first kappa shape index (κ1) is 19.1. The molecule has 2 rings (SSSR count). The van der Waals surface area contributed by atoms with Crippen molar-refractivity contribution in [2.24, 2.45) is 5.92 Å². The van der Waals surface area contributed by atoms with Gasteiger partial charge in [0, 0.05) is 12.6 Å². The molecule has 0 spiro atoms. The fraction of sp³-hybridized carbons (Fsp3) is 0.647. The summed E-state index contributed by atoms with van der Waals surface area (Å²) >= 11 is 0. The molecule has 1 aliphatic rings. The Hall–Kier alpha value is -1.18. The van der Waals surface area contributed by atoms with E-state index in [1.165, 1.54) is 37.1 Å². The highest BCUT2D eigenvalue weighted by molar-refractivity contribution is 7.89. The summed E-state index contributed by atoms with van der Waals surface area (Å²) < 4.78 is 44.9. The molecule has 1 aromatic carbocycles. The van der Waals surface area contributed by atoms with Gasteiger partial charge in [0.1, 0.15) is 18.2 Å². The van der Waals surface area contributed by atoms with Crippen LogP contribution in [0.15, 0.2) is 24.3 Å². The quantitative estimate of drug-likeness (QED) is 0.774. The van der Waals surface area contributed by atoms with Gasteiger partial charge in [-0.1, -0.05) is 6.92 Å². The number of sulfonamides is 1. The maximum Gasteiger partial charge on any atom is 0.215 e. The maximum absolute atomic E-state index is 12.8. The number of ether oxygens (including phenoxy) is 1. The van der Waals surface area contributed by atoms with Gasteiger partial charge in [0.2, 0.25) is 10.0 Å². The summed E-state index contributed by atoms with van der Waals surface area (Å²) in [6, 6.07) is 5.71. The average Bonchev–Trinajstić information content (AvgIpc) is 2.55. The molecule has 1 saturated heterocycles. The number of nitrogens with one attached hydrogen (secondary N) is 1. The van der Waals surface area contributed by atoms with Crippen LogP contribution in [-0.4, -0.2) is 51.4 Å². The van der Waals surface area contributed by atoms with Crippen molar-refractivity contribution >= 4 is 10.0 Å². The summed E-state index contributed by atoms with van der Waals surface area (Å²) in [5, 5.41) is 0. The van der Waals surface area contributed by atoms with Crippen molar-refractivity contribution < 1.29 is 17.5 Å². The van der Waals surface area contributed by atoms with Gasteiger partial charge in [0.05, 0.1) is 5.75 Å². The van der Waals surface area contributed by atoms with E-state index in [2.05, 4.69) is 16.5 Å². The van der Waals surface area contributed by atoms with E-state index in [1.807, 2.05) is 6.92 Å². The fourth-order valence-electron chi connectivity index (χ4n) is 2.72. The zero-order valence-electron chi connectivity index (χ0n) is 14.4. The predicted molar refractivity (Wildman–Crippen MR) is 93.1 cm³/mol. The molecule has 1 N–H and O–H groups in total. The molecule has 0 aromatic heterocycles. The number of piperidine rings is 1. The van der Waals surface area contributed by atoms with Crippen LogP contribution in [-0.2, 0) is 10.0 Å². The number of nitrogens with zero attached hydrogens (tertiary/aromatic N) is 1. The van der Waals surface area contributed by atoms with Crippen molar-refractivity contribution in [1.82, 2.24) is 9.62 Å². The van der Waals surface area contributed by atoms with Gasteiger partial charge in [0.25, 0.3) is 0 Å². The fourth-order valence-corrected chi connectivity index (χ4v) is 3.66. The molecule has 1 aliphatic heterocycles. The van der Waals surface area contributed by atoms with Gasteiger partial charge >= 0.3 is 0 Å². The van der Waals surface area contributed by atoms with Crippen LogP contribution in [0.2, 0.25) is 0 Å². The number of likely N-dealkylation sites (tertiary alicyclic amines) is 1. The smallest absolute Gasteiger partial charge is 0.215 e. The topological polar surface area (TPSA) is 58.6 Å². The Morgan fingerprint density at radius 3 is 2.54 bits per heavy atom. The third-order valence-corrected chi connectivity index (χ3v) is 5.79. The monoisotopic (exact) mass is 358 g/mol. The second kappa shape index (κ2) is 8.78. The molecule has 0 aliphatic carbocycles. The van der Waals surface area contributed by atoms with Crippen molar-refractivity contribution in [1.29, 1.82) is 0 Å². The summed E-state index contributed by atoms with van der Waals surface area (Å²) in [6.45, 7) is 6.80. The second-order valence-electron chi connectivity index (χ2n) is 6.54. The Kier molecular flexibility index (Phi) is 7.01. The lowest BCUT2D eigenvalue weighted by Crippen LogP contribution is -2.46. The molecule has 0 saturated carbocycles. The largest absolute Gasteiger partial charge is 0.492 e. The first-order chi connectivity index (χ1) is 11.4. The highest BCUT2D eigenvalue weighted by Gasteiger charge is 2.21. The van der Waals surface area contributed by atoms with Crippen molar-refractivity contribution in [3.05, 3.63) is 30.1 Å². The molecule has 24 heavy (non-hydrogen) atoms. The molecule has 1 atom stereocenters. The van der Waals surface area contributed by atoms with E-state index in [-0.39, 0.29) is 24.2 Å². The molecule has 0 bridgehead atoms. The third kappa shape index (κ3) is 6.37. The molecule has 1 unspecified atom stereocenters. The van der Waals surface area contributed by atoms with E-state index in [4.69, 9.17) is 4.74 Å². The van der Waals surface area contributed by atoms with Crippen LogP contribution >= 0.6 is 0 Å². The molecular formula is C17H27FN2O3S. The molecular weight excluding hydrogens is 331 g/mol. The SMILES string of the molecule is CC1CCN(C(C)CNS(=O)(=O)CCOc2ccc(F)cc2)CC1. The first-order valence-electron chi connectivity index (χ1n) is 8.45. The van der Waals surface area contributed by atoms with Crippen LogP contribution in [0.5, 0.6) is 5.75 Å². The van der Waals surface area contributed by atoms with E-state index in [9.17, 15) is 12.8 Å². The zero-order valence-corrected chi connectivity index (χ0v) is 15.2. The van der Waals surface area contributed by atoms with Crippen LogP contribution < -0.4 is 9.46 Å². The highest BCUT2D eigenvalue weighted by atomic mass is 32.2. The van der Waals surface area contributed by atoms with Crippen molar-refractivity contribution in [3.8, 4) is 5.75 Å². The Morgan fingerprint density at radius 2 is 1.92 bits per heavy atom. The van der Waals surface area contributed by atoms with Gasteiger partial charge in [-0.15, -0.1) is 0 Å². The number of benzene rings is 1. The molecule has 1 fully saturated rings. The Labute approximate surface area is 144 Å². The van der Waals surface area contributed by atoms with Gasteiger partial charge in [-0.05, 0) is 63.0 Å². The summed E-state index contributed by atoms with van der Waals surface area (Å²) in [7, 11) is -3.38. The van der Waals surface area contributed by atoms with Gasteiger partial charge < -0.3 is 4.74 Å². The predicted octanol–water partition coefficient (Wildman–Crippen LogP) is 2.24. The number of hydrogen-bond acceptors (Lipinski definition) is 4. The minimum atomic E-state index is -3.38. The lowest BCUT2D eigenvalue weighted by Gasteiger charge is -2.34. The van der Waals surface area contributed by atoms with Crippen LogP contribution in [0.3, 0.4) is 0 Å². The van der Waals surface area contributed by atoms with Gasteiger partial charge in [-0.25, -0.2) is 17.5 Å². The van der Waals surface area contributed by atoms with E-state index in [0.717, 1.165) is 19.0 Å². The zero-order chi connectivity index (χ0) is 17.6.